The second kappa shape index (κ2) is 8.35. The number of likely N-dealkylation sites (tertiary alicyclic amines) is 1. The number of sulfonamides is 1. The number of methoxy groups -OCH3 is 1. The third-order valence-corrected chi connectivity index (χ3v) is 7.66. The van der Waals surface area contributed by atoms with Crippen molar-refractivity contribution in [3.63, 3.8) is 0 Å². The molecule has 4 rings (SSSR count). The Morgan fingerprint density at radius 3 is 2.58 bits per heavy atom. The van der Waals surface area contributed by atoms with Crippen molar-refractivity contribution in [2.24, 2.45) is 0 Å². The highest BCUT2D eigenvalue weighted by atomic mass is 32.2. The maximum Gasteiger partial charge on any atom is 0.308 e. The highest BCUT2D eigenvalue weighted by molar-refractivity contribution is 7.92. The second-order valence-corrected chi connectivity index (χ2v) is 9.94. The molecule has 1 fully saturated rings. The average molecular weight is 462 g/mol. The molecule has 0 aliphatic carbocycles. The molecule has 8 nitrogen and oxygen atoms in total. The minimum atomic E-state index is -3.95. The van der Waals surface area contributed by atoms with Gasteiger partial charge in [-0.1, -0.05) is 11.3 Å². The Kier molecular flexibility index (Phi) is 5.76. The van der Waals surface area contributed by atoms with Gasteiger partial charge in [0.05, 0.1) is 33.5 Å². The van der Waals surface area contributed by atoms with Crippen LogP contribution in [-0.2, 0) is 16.6 Å². The molecule has 0 spiro atoms. The van der Waals surface area contributed by atoms with E-state index in [1.807, 2.05) is 6.92 Å². The molecule has 3 aromatic rings. The summed E-state index contributed by atoms with van der Waals surface area (Å²) in [6.07, 6.45) is 1.86. The van der Waals surface area contributed by atoms with Gasteiger partial charge in [0.25, 0.3) is 15.9 Å². The molecule has 31 heavy (non-hydrogen) atoms. The summed E-state index contributed by atoms with van der Waals surface area (Å²) in [7, 11) is -2.50. The third-order valence-electron chi connectivity index (χ3n) is 5.34. The van der Waals surface area contributed by atoms with Crippen LogP contribution in [0.3, 0.4) is 0 Å². The number of benzene rings is 2. The first kappa shape index (κ1) is 21.4. The van der Waals surface area contributed by atoms with Crippen molar-refractivity contribution in [3.05, 3.63) is 51.6 Å². The number of nitrogens with one attached hydrogen (secondary N) is 1. The molecule has 1 aliphatic rings. The molecule has 1 saturated heterocycles. The summed E-state index contributed by atoms with van der Waals surface area (Å²) in [5, 5.41) is 0. The molecular weight excluding hydrogens is 438 g/mol. The molecule has 164 valence electrons. The van der Waals surface area contributed by atoms with E-state index in [-0.39, 0.29) is 21.2 Å². The van der Waals surface area contributed by atoms with Crippen molar-refractivity contribution in [2.45, 2.75) is 31.2 Å². The number of fused-ring (bicyclic) bond motifs is 1. The van der Waals surface area contributed by atoms with Gasteiger partial charge in [0, 0.05) is 19.6 Å². The summed E-state index contributed by atoms with van der Waals surface area (Å²) in [5.41, 5.74) is 1.34. The van der Waals surface area contributed by atoms with E-state index < -0.39 is 10.0 Å². The number of amides is 1. The lowest BCUT2D eigenvalue weighted by atomic mass is 10.1. The minimum Gasteiger partial charge on any atom is -0.496 e. The lowest BCUT2D eigenvalue weighted by molar-refractivity contribution is 0.0789. The van der Waals surface area contributed by atoms with Crippen molar-refractivity contribution >= 4 is 43.2 Å². The molecule has 2 aromatic carbocycles. The number of hydrogen-bond acceptors (Lipinski definition) is 6. The lowest BCUT2D eigenvalue weighted by Gasteiger charge is -2.18. The van der Waals surface area contributed by atoms with Gasteiger partial charge in [-0.25, -0.2) is 8.42 Å². The van der Waals surface area contributed by atoms with E-state index in [9.17, 15) is 18.0 Å². The summed E-state index contributed by atoms with van der Waals surface area (Å²) in [6, 6.07) is 9.25. The van der Waals surface area contributed by atoms with Gasteiger partial charge in [0.15, 0.2) is 0 Å². The molecule has 2 heterocycles. The smallest absolute Gasteiger partial charge is 0.308 e. The van der Waals surface area contributed by atoms with Gasteiger partial charge >= 0.3 is 4.87 Å². The summed E-state index contributed by atoms with van der Waals surface area (Å²) < 4.78 is 36.2. The summed E-state index contributed by atoms with van der Waals surface area (Å²) in [5.74, 6) is 0.0986. The first-order valence-electron chi connectivity index (χ1n) is 9.97. The first-order chi connectivity index (χ1) is 14.8. The van der Waals surface area contributed by atoms with E-state index in [4.69, 9.17) is 4.74 Å². The number of thiazole rings is 1. The minimum absolute atomic E-state index is 0.0322. The van der Waals surface area contributed by atoms with Crippen molar-refractivity contribution in [2.75, 3.05) is 24.9 Å². The molecule has 1 aromatic heterocycles. The van der Waals surface area contributed by atoms with E-state index in [1.54, 1.807) is 27.7 Å². The Hall–Kier alpha value is -2.85. The SMILES string of the molecule is CCn1c(=O)sc2cc(NS(=O)(=O)c3ccc(OC)c(C(=O)N4CCCC4)c3)ccc21. The van der Waals surface area contributed by atoms with Crippen molar-refractivity contribution in [3.8, 4) is 5.75 Å². The van der Waals surface area contributed by atoms with Crippen molar-refractivity contribution in [1.82, 2.24) is 9.47 Å². The molecule has 0 bridgehead atoms. The van der Waals surface area contributed by atoms with Gasteiger partial charge < -0.3 is 9.64 Å². The maximum absolute atomic E-state index is 13.0. The monoisotopic (exact) mass is 461 g/mol. The maximum atomic E-state index is 13.0. The van der Waals surface area contributed by atoms with Crippen LogP contribution in [0.5, 0.6) is 5.75 Å². The molecule has 1 amide bonds. The summed E-state index contributed by atoms with van der Waals surface area (Å²) in [4.78, 5) is 26.5. The topological polar surface area (TPSA) is 97.7 Å². The predicted molar refractivity (Wildman–Crippen MR) is 121 cm³/mol. The molecule has 1 N–H and O–H groups in total. The quantitative estimate of drug-likeness (QED) is 0.608. The summed E-state index contributed by atoms with van der Waals surface area (Å²) in [6.45, 7) is 3.73. The number of rotatable bonds is 6. The summed E-state index contributed by atoms with van der Waals surface area (Å²) >= 11 is 1.07. The van der Waals surface area contributed by atoms with Crippen LogP contribution in [0, 0.1) is 0 Å². The van der Waals surface area contributed by atoms with Crippen LogP contribution >= 0.6 is 11.3 Å². The largest absolute Gasteiger partial charge is 0.496 e. The Balaban J connectivity index is 1.67. The number of hydrogen-bond donors (Lipinski definition) is 1. The molecular formula is C21H23N3O5S2. The van der Waals surface area contributed by atoms with Gasteiger partial charge in [-0.05, 0) is 56.2 Å². The van der Waals surface area contributed by atoms with E-state index in [0.717, 1.165) is 29.7 Å². The van der Waals surface area contributed by atoms with Crippen LogP contribution < -0.4 is 14.3 Å². The number of anilines is 1. The standard InChI is InChI=1S/C21H23N3O5S2/c1-3-24-17-8-6-14(12-19(17)30-21(24)26)22-31(27,28)15-7-9-18(29-2)16(13-15)20(25)23-10-4-5-11-23/h6-9,12-13,22H,3-5,10-11H2,1-2H3. The van der Waals surface area contributed by atoms with Crippen LogP contribution in [0.25, 0.3) is 10.2 Å². The average Bonchev–Trinajstić information content (AvgIpc) is 3.39. The fraction of sp³-hybridized carbons (Fsp3) is 0.333. The number of aromatic nitrogens is 1. The predicted octanol–water partition coefficient (Wildman–Crippen LogP) is 3.13. The Bertz CT molecular complexity index is 1300. The van der Waals surface area contributed by atoms with E-state index in [2.05, 4.69) is 4.72 Å². The molecule has 0 radical (unpaired) electrons. The molecule has 10 heteroatoms. The number of carbonyl (C=O) groups excluding carboxylic acids is 1. The zero-order chi connectivity index (χ0) is 22.2. The Morgan fingerprint density at radius 1 is 1.16 bits per heavy atom. The van der Waals surface area contributed by atoms with Crippen molar-refractivity contribution < 1.29 is 17.9 Å². The Labute approximate surface area is 184 Å². The molecule has 0 saturated carbocycles. The fourth-order valence-electron chi connectivity index (χ4n) is 3.76. The molecule has 0 atom stereocenters. The van der Waals surface area contributed by atoms with Crippen LogP contribution in [-0.4, -0.2) is 44.0 Å². The van der Waals surface area contributed by atoms with Crippen LogP contribution in [0.4, 0.5) is 5.69 Å². The normalized spacial score (nSPS) is 14.2. The van der Waals surface area contributed by atoms with Gasteiger partial charge in [-0.15, -0.1) is 0 Å². The zero-order valence-electron chi connectivity index (χ0n) is 17.3. The van der Waals surface area contributed by atoms with E-state index in [0.29, 0.717) is 35.8 Å². The van der Waals surface area contributed by atoms with Crippen LogP contribution in [0.2, 0.25) is 0 Å². The van der Waals surface area contributed by atoms with Gasteiger partial charge in [0.1, 0.15) is 5.75 Å². The zero-order valence-corrected chi connectivity index (χ0v) is 18.9. The van der Waals surface area contributed by atoms with Gasteiger partial charge in [-0.2, -0.15) is 0 Å². The third kappa shape index (κ3) is 4.05. The fourth-order valence-corrected chi connectivity index (χ4v) is 5.83. The van der Waals surface area contributed by atoms with Crippen molar-refractivity contribution in [1.29, 1.82) is 0 Å². The van der Waals surface area contributed by atoms with E-state index >= 15 is 0 Å². The van der Waals surface area contributed by atoms with Crippen LogP contribution in [0.15, 0.2) is 46.1 Å². The van der Waals surface area contributed by atoms with E-state index in [1.165, 1.54) is 25.3 Å². The molecule has 1 aliphatic heterocycles. The highest BCUT2D eigenvalue weighted by Gasteiger charge is 2.25. The molecule has 0 unspecified atom stereocenters. The highest BCUT2D eigenvalue weighted by Crippen LogP contribution is 2.28. The van der Waals surface area contributed by atoms with Crippen LogP contribution in [0.1, 0.15) is 30.1 Å². The Morgan fingerprint density at radius 2 is 1.90 bits per heavy atom. The number of ether oxygens (including phenoxy) is 1. The first-order valence-corrected chi connectivity index (χ1v) is 12.3. The second-order valence-electron chi connectivity index (χ2n) is 7.26. The van der Waals surface area contributed by atoms with Gasteiger partial charge in [-0.3, -0.25) is 18.9 Å². The number of nitrogens with zero attached hydrogens (tertiary/aromatic N) is 2. The van der Waals surface area contributed by atoms with Gasteiger partial charge in [0.2, 0.25) is 0 Å². The lowest BCUT2D eigenvalue weighted by Crippen LogP contribution is -2.28. The number of carbonyl (C=O) groups is 1. The number of aryl methyl sites for hydroxylation is 1.